The number of rotatable bonds is 4. The van der Waals surface area contributed by atoms with Crippen molar-refractivity contribution in [3.05, 3.63) is 12.3 Å². The largest absolute Gasteiger partial charge is 0.477 e. The lowest BCUT2D eigenvalue weighted by atomic mass is 9.99. The van der Waals surface area contributed by atoms with Crippen molar-refractivity contribution in [1.82, 2.24) is 14.9 Å². The average molecular weight is 292 g/mol. The first-order valence-corrected chi connectivity index (χ1v) is 7.80. The summed E-state index contributed by atoms with van der Waals surface area (Å²) >= 11 is 0. The summed E-state index contributed by atoms with van der Waals surface area (Å²) in [5.74, 6) is 1.45. The number of anilines is 1. The number of ether oxygens (including phenoxy) is 1. The molecular formula is C16H28N4O. The quantitative estimate of drug-likeness (QED) is 0.852. The van der Waals surface area contributed by atoms with Gasteiger partial charge in [-0.3, -0.25) is 4.90 Å². The third-order valence-corrected chi connectivity index (χ3v) is 3.60. The van der Waals surface area contributed by atoms with Crippen LogP contribution < -0.4 is 9.64 Å². The minimum Gasteiger partial charge on any atom is -0.477 e. The van der Waals surface area contributed by atoms with Gasteiger partial charge in [-0.25, -0.2) is 4.98 Å². The van der Waals surface area contributed by atoms with E-state index < -0.39 is 0 Å². The predicted octanol–water partition coefficient (Wildman–Crippen LogP) is 2.43. The molecule has 1 aliphatic rings. The van der Waals surface area contributed by atoms with Gasteiger partial charge in [0.05, 0.1) is 6.61 Å². The Hall–Kier alpha value is -1.36. The minimum atomic E-state index is 0.133. The molecule has 118 valence electrons. The third-order valence-electron chi connectivity index (χ3n) is 3.60. The second-order valence-corrected chi connectivity index (χ2v) is 7.16. The summed E-state index contributed by atoms with van der Waals surface area (Å²) in [4.78, 5) is 13.7. The molecule has 1 aromatic rings. The second-order valence-electron chi connectivity index (χ2n) is 7.16. The molecule has 1 fully saturated rings. The van der Waals surface area contributed by atoms with E-state index >= 15 is 0 Å². The molecule has 5 nitrogen and oxygen atoms in total. The normalized spacial score (nSPS) is 17.3. The summed E-state index contributed by atoms with van der Waals surface area (Å²) in [7, 11) is 0. The number of hydrogen-bond donors (Lipinski definition) is 0. The first-order valence-electron chi connectivity index (χ1n) is 7.80. The van der Waals surface area contributed by atoms with Crippen LogP contribution in [0.3, 0.4) is 0 Å². The van der Waals surface area contributed by atoms with Gasteiger partial charge in [0.15, 0.2) is 0 Å². The maximum Gasteiger partial charge on any atom is 0.228 e. The number of hydrogen-bond acceptors (Lipinski definition) is 5. The van der Waals surface area contributed by atoms with E-state index in [0.29, 0.717) is 18.5 Å². The van der Waals surface area contributed by atoms with E-state index in [1.54, 1.807) is 6.20 Å². The van der Waals surface area contributed by atoms with Crippen LogP contribution in [0.2, 0.25) is 0 Å². The van der Waals surface area contributed by atoms with E-state index in [0.717, 1.165) is 32.1 Å². The Balaban J connectivity index is 1.95. The molecule has 0 bridgehead atoms. The molecule has 0 aromatic carbocycles. The van der Waals surface area contributed by atoms with Gasteiger partial charge in [0.25, 0.3) is 0 Å². The molecule has 21 heavy (non-hydrogen) atoms. The van der Waals surface area contributed by atoms with Crippen molar-refractivity contribution < 1.29 is 4.74 Å². The summed E-state index contributed by atoms with van der Waals surface area (Å²) in [6, 6.07) is 2.44. The molecule has 0 aliphatic carbocycles. The van der Waals surface area contributed by atoms with Crippen LogP contribution in [-0.4, -0.2) is 53.7 Å². The lowest BCUT2D eigenvalue weighted by Crippen LogP contribution is -2.49. The van der Waals surface area contributed by atoms with Crippen molar-refractivity contribution in [1.29, 1.82) is 0 Å². The molecule has 0 spiro atoms. The van der Waals surface area contributed by atoms with Gasteiger partial charge in [0.1, 0.15) is 0 Å². The molecular weight excluding hydrogens is 264 g/mol. The van der Waals surface area contributed by atoms with Crippen LogP contribution in [0.15, 0.2) is 12.3 Å². The van der Waals surface area contributed by atoms with Crippen molar-refractivity contribution in [2.45, 2.75) is 40.7 Å². The lowest BCUT2D eigenvalue weighted by Gasteiger charge is -2.36. The highest BCUT2D eigenvalue weighted by Gasteiger charge is 2.21. The van der Waals surface area contributed by atoms with Crippen molar-refractivity contribution in [3.8, 4) is 5.88 Å². The van der Waals surface area contributed by atoms with Crippen molar-refractivity contribution in [3.63, 3.8) is 0 Å². The molecule has 5 heteroatoms. The van der Waals surface area contributed by atoms with Crippen molar-refractivity contribution in [2.75, 3.05) is 37.7 Å². The molecule has 1 aliphatic heterocycles. The molecule has 1 aromatic heterocycles. The van der Waals surface area contributed by atoms with Crippen LogP contribution in [0.1, 0.15) is 34.6 Å². The standard InChI is InChI=1S/C16H28N4O/c1-13(2)19-8-10-20(11-9-19)15-17-7-6-14(18-15)21-12-16(3,4)5/h6-7,13H,8-12H2,1-5H3. The van der Waals surface area contributed by atoms with Gasteiger partial charge in [-0.2, -0.15) is 4.98 Å². The Morgan fingerprint density at radius 3 is 2.43 bits per heavy atom. The maximum absolute atomic E-state index is 5.77. The van der Waals surface area contributed by atoms with E-state index in [2.05, 4.69) is 54.4 Å². The molecule has 0 saturated carbocycles. The molecule has 0 radical (unpaired) electrons. The van der Waals surface area contributed by atoms with Crippen LogP contribution in [0.25, 0.3) is 0 Å². The summed E-state index contributed by atoms with van der Waals surface area (Å²) in [6.45, 7) is 15.7. The third kappa shape index (κ3) is 4.84. The topological polar surface area (TPSA) is 41.5 Å². The molecule has 0 amide bonds. The zero-order chi connectivity index (χ0) is 15.5. The highest BCUT2D eigenvalue weighted by Crippen LogP contribution is 2.18. The van der Waals surface area contributed by atoms with Crippen molar-refractivity contribution in [2.24, 2.45) is 5.41 Å². The van der Waals surface area contributed by atoms with E-state index in [9.17, 15) is 0 Å². The predicted molar refractivity (Wildman–Crippen MR) is 85.9 cm³/mol. The van der Waals surface area contributed by atoms with E-state index in [1.807, 2.05) is 6.07 Å². The first kappa shape index (κ1) is 16.0. The molecule has 0 atom stereocenters. The van der Waals surface area contributed by atoms with Crippen LogP contribution in [0.4, 0.5) is 5.95 Å². The Morgan fingerprint density at radius 2 is 1.86 bits per heavy atom. The Labute approximate surface area is 128 Å². The van der Waals surface area contributed by atoms with Crippen molar-refractivity contribution >= 4 is 5.95 Å². The number of aromatic nitrogens is 2. The van der Waals surface area contributed by atoms with Gasteiger partial charge in [0, 0.05) is 44.5 Å². The summed E-state index contributed by atoms with van der Waals surface area (Å²) < 4.78 is 5.77. The zero-order valence-corrected chi connectivity index (χ0v) is 14.0. The van der Waals surface area contributed by atoms with Crippen LogP contribution in [-0.2, 0) is 0 Å². The van der Waals surface area contributed by atoms with Crippen LogP contribution in [0, 0.1) is 5.41 Å². The fourth-order valence-electron chi connectivity index (χ4n) is 2.29. The average Bonchev–Trinajstić information content (AvgIpc) is 2.45. The number of nitrogens with zero attached hydrogens (tertiary/aromatic N) is 4. The zero-order valence-electron chi connectivity index (χ0n) is 14.0. The van der Waals surface area contributed by atoms with Gasteiger partial charge in [-0.05, 0) is 19.3 Å². The Morgan fingerprint density at radius 1 is 1.19 bits per heavy atom. The molecule has 1 saturated heterocycles. The van der Waals surface area contributed by atoms with Gasteiger partial charge in [-0.1, -0.05) is 20.8 Å². The maximum atomic E-state index is 5.77. The Kier molecular flexibility index (Phi) is 5.04. The monoisotopic (exact) mass is 292 g/mol. The van der Waals surface area contributed by atoms with Crippen LogP contribution >= 0.6 is 0 Å². The van der Waals surface area contributed by atoms with Gasteiger partial charge in [0.2, 0.25) is 11.8 Å². The van der Waals surface area contributed by atoms with E-state index in [1.165, 1.54) is 0 Å². The molecule has 0 unspecified atom stereocenters. The van der Waals surface area contributed by atoms with Crippen LogP contribution in [0.5, 0.6) is 5.88 Å². The van der Waals surface area contributed by atoms with Gasteiger partial charge in [-0.15, -0.1) is 0 Å². The second kappa shape index (κ2) is 6.60. The summed E-state index contributed by atoms with van der Waals surface area (Å²) in [5, 5.41) is 0. The SMILES string of the molecule is CC(C)N1CCN(c2nccc(OCC(C)(C)C)n2)CC1. The van der Waals surface area contributed by atoms with Gasteiger partial charge >= 0.3 is 0 Å². The van der Waals surface area contributed by atoms with E-state index in [-0.39, 0.29) is 5.41 Å². The molecule has 0 N–H and O–H groups in total. The fraction of sp³-hybridized carbons (Fsp3) is 0.750. The summed E-state index contributed by atoms with van der Waals surface area (Å²) in [6.07, 6.45) is 1.79. The first-order chi connectivity index (χ1) is 9.85. The fourth-order valence-corrected chi connectivity index (χ4v) is 2.29. The molecule has 2 rings (SSSR count). The Bertz CT molecular complexity index is 448. The van der Waals surface area contributed by atoms with Gasteiger partial charge < -0.3 is 9.64 Å². The van der Waals surface area contributed by atoms with E-state index in [4.69, 9.17) is 4.74 Å². The highest BCUT2D eigenvalue weighted by molar-refractivity contribution is 5.32. The molecule has 2 heterocycles. The summed E-state index contributed by atoms with van der Waals surface area (Å²) in [5.41, 5.74) is 0.133. The number of piperazine rings is 1. The lowest BCUT2D eigenvalue weighted by molar-refractivity contribution is 0.190. The highest BCUT2D eigenvalue weighted by atomic mass is 16.5. The minimum absolute atomic E-state index is 0.133. The smallest absolute Gasteiger partial charge is 0.228 e.